The Bertz CT molecular complexity index is 258. The fraction of sp³-hybridized carbons (Fsp3) is 1.00. The minimum Gasteiger partial charge on any atom is -0.347 e. The van der Waals surface area contributed by atoms with Crippen LogP contribution in [-0.2, 0) is 9.47 Å². The lowest BCUT2D eigenvalue weighted by Gasteiger charge is -2.44. The maximum absolute atomic E-state index is 6.13. The monoisotopic (exact) mass is 225 g/mol. The molecule has 1 spiro atoms. The molecular weight excluding hydrogens is 202 g/mol. The number of rotatable bonds is 1. The number of hydrogen-bond donors (Lipinski definition) is 1. The van der Waals surface area contributed by atoms with Gasteiger partial charge in [-0.05, 0) is 38.1 Å². The molecule has 3 unspecified atom stereocenters. The van der Waals surface area contributed by atoms with Gasteiger partial charge in [-0.25, -0.2) is 0 Å². The van der Waals surface area contributed by atoms with E-state index < -0.39 is 0 Å². The van der Waals surface area contributed by atoms with E-state index in [-0.39, 0.29) is 5.79 Å². The largest absolute Gasteiger partial charge is 0.347 e. The van der Waals surface area contributed by atoms with Gasteiger partial charge in [-0.3, -0.25) is 0 Å². The third-order valence-electron chi connectivity index (χ3n) is 4.52. The van der Waals surface area contributed by atoms with Crippen molar-refractivity contribution in [1.29, 1.82) is 0 Å². The van der Waals surface area contributed by atoms with Crippen LogP contribution in [0.4, 0.5) is 0 Å². The molecule has 1 saturated carbocycles. The van der Waals surface area contributed by atoms with Crippen molar-refractivity contribution in [2.75, 3.05) is 13.2 Å². The first-order chi connectivity index (χ1) is 7.81. The highest BCUT2D eigenvalue weighted by atomic mass is 16.7. The Hall–Kier alpha value is -0.120. The molecule has 0 radical (unpaired) electrons. The Morgan fingerprint density at radius 1 is 1.38 bits per heavy atom. The first kappa shape index (κ1) is 11.0. The Balaban J connectivity index is 1.66. The topological polar surface area (TPSA) is 30.5 Å². The van der Waals surface area contributed by atoms with Gasteiger partial charge in [0.05, 0.1) is 12.7 Å². The molecule has 0 aromatic carbocycles. The zero-order chi connectivity index (χ0) is 11.0. The van der Waals surface area contributed by atoms with E-state index in [1.165, 1.54) is 25.8 Å². The average Bonchev–Trinajstić information content (AvgIpc) is 2.72. The van der Waals surface area contributed by atoms with Gasteiger partial charge in [0.15, 0.2) is 5.79 Å². The molecule has 1 N–H and O–H groups in total. The molecule has 2 heterocycles. The Morgan fingerprint density at radius 2 is 2.31 bits per heavy atom. The van der Waals surface area contributed by atoms with Crippen molar-refractivity contribution in [1.82, 2.24) is 5.32 Å². The van der Waals surface area contributed by atoms with E-state index in [0.29, 0.717) is 12.1 Å². The second-order valence-corrected chi connectivity index (χ2v) is 5.58. The van der Waals surface area contributed by atoms with Crippen LogP contribution in [0.3, 0.4) is 0 Å². The Kier molecular flexibility index (Phi) is 2.94. The molecule has 0 amide bonds. The van der Waals surface area contributed by atoms with Crippen LogP contribution in [0.5, 0.6) is 0 Å². The number of piperidine rings is 1. The average molecular weight is 225 g/mol. The minimum absolute atomic E-state index is 0.230. The zero-order valence-electron chi connectivity index (χ0n) is 10.2. The van der Waals surface area contributed by atoms with Crippen molar-refractivity contribution in [3.8, 4) is 0 Å². The summed E-state index contributed by atoms with van der Waals surface area (Å²) in [4.78, 5) is 0. The molecule has 1 aliphatic carbocycles. The summed E-state index contributed by atoms with van der Waals surface area (Å²) in [6.45, 7) is 4.15. The van der Waals surface area contributed by atoms with Crippen molar-refractivity contribution in [2.45, 2.75) is 63.4 Å². The summed E-state index contributed by atoms with van der Waals surface area (Å²) in [5.41, 5.74) is 0. The van der Waals surface area contributed by atoms with Crippen molar-refractivity contribution >= 4 is 0 Å². The molecular formula is C13H23NO2. The van der Waals surface area contributed by atoms with Gasteiger partial charge in [-0.1, -0.05) is 6.92 Å². The lowest BCUT2D eigenvalue weighted by Crippen LogP contribution is -2.51. The summed E-state index contributed by atoms with van der Waals surface area (Å²) in [5, 5.41) is 3.65. The number of hydrogen-bond acceptors (Lipinski definition) is 3. The summed E-state index contributed by atoms with van der Waals surface area (Å²) < 4.78 is 12.1. The standard InChI is InChI=1S/C13H23NO2/c1-2-11-9-15-13(16-11)6-5-10-4-3-7-14-12(10)8-13/h10-12,14H,2-9H2,1H3/t10?,11-,12?,13?/m1/s1. The van der Waals surface area contributed by atoms with E-state index in [0.717, 1.165) is 31.8 Å². The van der Waals surface area contributed by atoms with Crippen LogP contribution in [0.2, 0.25) is 0 Å². The van der Waals surface area contributed by atoms with Gasteiger partial charge in [-0.2, -0.15) is 0 Å². The Morgan fingerprint density at radius 3 is 3.12 bits per heavy atom. The molecule has 3 aliphatic rings. The van der Waals surface area contributed by atoms with Gasteiger partial charge in [0.25, 0.3) is 0 Å². The summed E-state index contributed by atoms with van der Waals surface area (Å²) in [6.07, 6.45) is 7.58. The van der Waals surface area contributed by atoms with Crippen LogP contribution in [0, 0.1) is 5.92 Å². The van der Waals surface area contributed by atoms with E-state index in [1.54, 1.807) is 0 Å². The van der Waals surface area contributed by atoms with Gasteiger partial charge >= 0.3 is 0 Å². The first-order valence-corrected chi connectivity index (χ1v) is 6.86. The van der Waals surface area contributed by atoms with Crippen molar-refractivity contribution in [3.05, 3.63) is 0 Å². The molecule has 0 aromatic heterocycles. The molecule has 16 heavy (non-hydrogen) atoms. The molecule has 3 rings (SSSR count). The van der Waals surface area contributed by atoms with Crippen LogP contribution >= 0.6 is 0 Å². The van der Waals surface area contributed by atoms with E-state index in [2.05, 4.69) is 12.2 Å². The number of ether oxygens (including phenoxy) is 2. The van der Waals surface area contributed by atoms with Crippen molar-refractivity contribution in [3.63, 3.8) is 0 Å². The number of nitrogens with one attached hydrogen (secondary N) is 1. The van der Waals surface area contributed by atoms with Crippen molar-refractivity contribution in [2.24, 2.45) is 5.92 Å². The van der Waals surface area contributed by atoms with Gasteiger partial charge in [0.1, 0.15) is 0 Å². The fourth-order valence-electron chi connectivity index (χ4n) is 3.50. The van der Waals surface area contributed by atoms with Crippen molar-refractivity contribution < 1.29 is 9.47 Å². The van der Waals surface area contributed by atoms with Crippen LogP contribution in [0.25, 0.3) is 0 Å². The second kappa shape index (κ2) is 4.28. The molecule has 2 aliphatic heterocycles. The van der Waals surface area contributed by atoms with E-state index in [9.17, 15) is 0 Å². The lowest BCUT2D eigenvalue weighted by molar-refractivity contribution is -0.200. The van der Waals surface area contributed by atoms with Crippen LogP contribution in [0.15, 0.2) is 0 Å². The normalized spacial score (nSPS) is 48.2. The molecule has 0 bridgehead atoms. The SMILES string of the molecule is CC[C@@H]1COC2(CCC3CCCNC3C2)O1. The van der Waals surface area contributed by atoms with Crippen LogP contribution in [0.1, 0.15) is 45.4 Å². The molecule has 92 valence electrons. The minimum atomic E-state index is -0.230. The molecule has 3 fully saturated rings. The molecule has 3 nitrogen and oxygen atoms in total. The van der Waals surface area contributed by atoms with Crippen LogP contribution < -0.4 is 5.32 Å². The first-order valence-electron chi connectivity index (χ1n) is 6.86. The summed E-state index contributed by atoms with van der Waals surface area (Å²) >= 11 is 0. The highest BCUT2D eigenvalue weighted by Crippen LogP contribution is 2.42. The summed E-state index contributed by atoms with van der Waals surface area (Å²) in [5.74, 6) is 0.638. The predicted octanol–water partition coefficient (Wildman–Crippen LogP) is 2.06. The quantitative estimate of drug-likeness (QED) is 0.741. The highest BCUT2D eigenvalue weighted by molar-refractivity contribution is 4.94. The third kappa shape index (κ3) is 1.89. The van der Waals surface area contributed by atoms with E-state index >= 15 is 0 Å². The lowest BCUT2D eigenvalue weighted by atomic mass is 9.77. The molecule has 2 saturated heterocycles. The van der Waals surface area contributed by atoms with Crippen LogP contribution in [-0.4, -0.2) is 31.1 Å². The molecule has 0 aromatic rings. The number of fused-ring (bicyclic) bond motifs is 1. The second-order valence-electron chi connectivity index (χ2n) is 5.58. The predicted molar refractivity (Wildman–Crippen MR) is 62.2 cm³/mol. The van der Waals surface area contributed by atoms with E-state index in [1.807, 2.05) is 0 Å². The fourth-order valence-corrected chi connectivity index (χ4v) is 3.50. The maximum atomic E-state index is 6.13. The third-order valence-corrected chi connectivity index (χ3v) is 4.52. The molecule has 4 atom stereocenters. The van der Waals surface area contributed by atoms with Gasteiger partial charge in [0, 0.05) is 18.9 Å². The van der Waals surface area contributed by atoms with Gasteiger partial charge < -0.3 is 14.8 Å². The zero-order valence-corrected chi connectivity index (χ0v) is 10.2. The smallest absolute Gasteiger partial charge is 0.170 e. The molecule has 3 heteroatoms. The highest BCUT2D eigenvalue weighted by Gasteiger charge is 2.47. The van der Waals surface area contributed by atoms with Gasteiger partial charge in [0.2, 0.25) is 0 Å². The Labute approximate surface area is 97.9 Å². The van der Waals surface area contributed by atoms with E-state index in [4.69, 9.17) is 9.47 Å². The summed E-state index contributed by atoms with van der Waals surface area (Å²) in [6, 6.07) is 0.637. The maximum Gasteiger partial charge on any atom is 0.170 e. The van der Waals surface area contributed by atoms with Gasteiger partial charge in [-0.15, -0.1) is 0 Å². The summed E-state index contributed by atoms with van der Waals surface area (Å²) in [7, 11) is 0.